The number of carbonyl (C=O) groups excluding carboxylic acids is 1. The second kappa shape index (κ2) is 11.3. The molecule has 0 unspecified atom stereocenters. The van der Waals surface area contributed by atoms with Crippen LogP contribution >= 0.6 is 31.9 Å². The maximum Gasteiger partial charge on any atom is 0.339 e. The van der Waals surface area contributed by atoms with Gasteiger partial charge in [-0.3, -0.25) is 0 Å². The van der Waals surface area contributed by atoms with Crippen molar-refractivity contribution < 1.29 is 23.7 Å². The van der Waals surface area contributed by atoms with Crippen molar-refractivity contribution in [1.29, 1.82) is 0 Å². The Morgan fingerprint density at radius 1 is 0.738 bits per heavy atom. The number of hydrogen-bond acceptors (Lipinski definition) is 5. The summed E-state index contributed by atoms with van der Waals surface area (Å²) in [5, 5.41) is 1.76. The van der Waals surface area contributed by atoms with Crippen LogP contribution in [0.5, 0.6) is 17.2 Å². The highest BCUT2D eigenvalue weighted by molar-refractivity contribution is 9.10. The van der Waals surface area contributed by atoms with Crippen molar-refractivity contribution in [3.05, 3.63) is 128 Å². The highest BCUT2D eigenvalue weighted by atomic mass is 79.9. The lowest BCUT2D eigenvalue weighted by atomic mass is 9.81. The quantitative estimate of drug-likeness (QED) is 0.167. The molecule has 1 heterocycles. The van der Waals surface area contributed by atoms with Gasteiger partial charge in [-0.25, -0.2) is 4.79 Å². The van der Waals surface area contributed by atoms with Crippen molar-refractivity contribution in [3.8, 4) is 28.4 Å². The number of ether oxygens (including phenoxy) is 4. The molecule has 0 N–H and O–H groups in total. The Hall–Kier alpha value is -4.07. The molecule has 42 heavy (non-hydrogen) atoms. The number of halogens is 2. The van der Waals surface area contributed by atoms with E-state index in [4.69, 9.17) is 18.9 Å². The van der Waals surface area contributed by atoms with Gasteiger partial charge in [-0.1, -0.05) is 86.5 Å². The highest BCUT2D eigenvalue weighted by Gasteiger charge is 2.42. The monoisotopic (exact) mass is 684 g/mol. The molecule has 0 spiro atoms. The predicted octanol–water partition coefficient (Wildman–Crippen LogP) is 9.18. The Balaban J connectivity index is 1.70. The molecule has 0 saturated carbocycles. The van der Waals surface area contributed by atoms with Crippen LogP contribution in [0.25, 0.3) is 28.0 Å². The van der Waals surface area contributed by atoms with Crippen LogP contribution in [0.1, 0.15) is 27.0 Å². The van der Waals surface area contributed by atoms with Gasteiger partial charge in [0.25, 0.3) is 0 Å². The SMILES string of the molecule is COC(=O)c1c2c(c3ccccc3c1-c1ccccc1)OC(c1ccc(OC)cc1Br)(c1ccc(OC)cc1Br)C=C2. The largest absolute Gasteiger partial charge is 0.497 e. The molecule has 7 heteroatoms. The Morgan fingerprint density at radius 3 is 1.86 bits per heavy atom. The van der Waals surface area contributed by atoms with Crippen LogP contribution in [0.4, 0.5) is 0 Å². The van der Waals surface area contributed by atoms with E-state index in [9.17, 15) is 4.79 Å². The van der Waals surface area contributed by atoms with E-state index >= 15 is 0 Å². The number of methoxy groups -OCH3 is 3. The fraction of sp³-hybridized carbons (Fsp3) is 0.114. The van der Waals surface area contributed by atoms with Gasteiger partial charge in [0.2, 0.25) is 0 Å². The Labute approximate surface area is 260 Å². The zero-order chi connectivity index (χ0) is 29.4. The van der Waals surface area contributed by atoms with E-state index in [0.29, 0.717) is 28.4 Å². The lowest BCUT2D eigenvalue weighted by Crippen LogP contribution is -2.35. The molecule has 0 amide bonds. The molecule has 1 aliphatic heterocycles. The second-order valence-corrected chi connectivity index (χ2v) is 11.5. The van der Waals surface area contributed by atoms with Crippen LogP contribution in [0, 0.1) is 0 Å². The third-order valence-electron chi connectivity index (χ3n) is 7.56. The molecule has 0 aliphatic carbocycles. The average molecular weight is 686 g/mol. The maximum atomic E-state index is 13.5. The standard InChI is InChI=1S/C35H26Br2O5/c1-39-22-13-15-27(29(36)19-22)35(28-16-14-23(40-2)20-30(28)37)18-17-26-32(34(38)41-3)31(21-9-5-4-6-10-21)24-11-7-8-12-25(24)33(26)42-35/h4-20H,1-3H3. The summed E-state index contributed by atoms with van der Waals surface area (Å²) in [5.74, 6) is 1.56. The van der Waals surface area contributed by atoms with Gasteiger partial charge in [0.1, 0.15) is 17.2 Å². The zero-order valence-corrected chi connectivity index (χ0v) is 26.3. The van der Waals surface area contributed by atoms with E-state index in [1.165, 1.54) is 7.11 Å². The molecule has 6 rings (SSSR count). The van der Waals surface area contributed by atoms with E-state index in [2.05, 4.69) is 31.9 Å². The normalized spacial score (nSPS) is 13.3. The first kappa shape index (κ1) is 28.1. The molecular formula is C35H26Br2O5. The summed E-state index contributed by atoms with van der Waals surface area (Å²) in [7, 11) is 4.67. The van der Waals surface area contributed by atoms with Crippen molar-refractivity contribution in [2.45, 2.75) is 5.60 Å². The van der Waals surface area contributed by atoms with Crippen LogP contribution in [-0.2, 0) is 10.3 Å². The maximum absolute atomic E-state index is 13.5. The van der Waals surface area contributed by atoms with Gasteiger partial charge in [-0.15, -0.1) is 0 Å². The second-order valence-electron chi connectivity index (χ2n) is 9.76. The molecule has 0 saturated heterocycles. The third-order valence-corrected chi connectivity index (χ3v) is 8.87. The van der Waals surface area contributed by atoms with Crippen molar-refractivity contribution in [1.82, 2.24) is 0 Å². The molecule has 1 aliphatic rings. The zero-order valence-electron chi connectivity index (χ0n) is 23.1. The van der Waals surface area contributed by atoms with Gasteiger partial charge in [-0.2, -0.15) is 0 Å². The minimum absolute atomic E-state index is 0.437. The summed E-state index contributed by atoms with van der Waals surface area (Å²) in [4.78, 5) is 13.5. The van der Waals surface area contributed by atoms with Gasteiger partial charge < -0.3 is 18.9 Å². The molecule has 210 valence electrons. The topological polar surface area (TPSA) is 54.0 Å². The van der Waals surface area contributed by atoms with E-state index in [0.717, 1.165) is 42.0 Å². The average Bonchev–Trinajstić information content (AvgIpc) is 3.03. The molecule has 0 radical (unpaired) electrons. The van der Waals surface area contributed by atoms with Gasteiger partial charge in [0, 0.05) is 36.6 Å². The van der Waals surface area contributed by atoms with E-state index in [-0.39, 0.29) is 0 Å². The van der Waals surface area contributed by atoms with E-state index in [1.54, 1.807) is 14.2 Å². The summed E-state index contributed by atoms with van der Waals surface area (Å²) in [6.07, 6.45) is 3.96. The number of fused-ring (bicyclic) bond motifs is 3. The fourth-order valence-electron chi connectivity index (χ4n) is 5.59. The van der Waals surface area contributed by atoms with Crippen molar-refractivity contribution in [3.63, 3.8) is 0 Å². The summed E-state index contributed by atoms with van der Waals surface area (Å²) in [5.41, 5.74) is 3.44. The first-order valence-corrected chi connectivity index (χ1v) is 14.8. The Kier molecular flexibility index (Phi) is 7.56. The van der Waals surface area contributed by atoms with Crippen LogP contribution in [0.2, 0.25) is 0 Å². The molecular weight excluding hydrogens is 660 g/mol. The minimum Gasteiger partial charge on any atom is -0.497 e. The molecule has 0 bridgehead atoms. The summed E-state index contributed by atoms with van der Waals surface area (Å²) >= 11 is 7.56. The number of hydrogen-bond donors (Lipinski definition) is 0. The lowest BCUT2D eigenvalue weighted by molar-refractivity contribution is 0.0600. The lowest BCUT2D eigenvalue weighted by Gasteiger charge is -2.38. The highest BCUT2D eigenvalue weighted by Crippen LogP contribution is 2.52. The van der Waals surface area contributed by atoms with Gasteiger partial charge >= 0.3 is 5.97 Å². The Morgan fingerprint density at radius 2 is 1.31 bits per heavy atom. The number of benzene rings is 5. The van der Waals surface area contributed by atoms with Crippen LogP contribution in [-0.4, -0.2) is 27.3 Å². The van der Waals surface area contributed by atoms with Crippen molar-refractivity contribution >= 4 is 54.7 Å². The van der Waals surface area contributed by atoms with Gasteiger partial charge in [-0.05, 0) is 59.5 Å². The summed E-state index contributed by atoms with van der Waals surface area (Å²) in [6.45, 7) is 0. The van der Waals surface area contributed by atoms with Crippen LogP contribution in [0.15, 0.2) is 106 Å². The van der Waals surface area contributed by atoms with E-state index < -0.39 is 11.6 Å². The van der Waals surface area contributed by atoms with Gasteiger partial charge in [0.05, 0.1) is 26.9 Å². The summed E-state index contributed by atoms with van der Waals surface area (Å²) < 4.78 is 25.1. The molecule has 5 aromatic rings. The molecule has 5 aromatic carbocycles. The smallest absolute Gasteiger partial charge is 0.339 e. The molecule has 0 aromatic heterocycles. The number of rotatable bonds is 6. The minimum atomic E-state index is -1.09. The number of carbonyl (C=O) groups is 1. The predicted molar refractivity (Wildman–Crippen MR) is 173 cm³/mol. The van der Waals surface area contributed by atoms with Crippen molar-refractivity contribution in [2.24, 2.45) is 0 Å². The number of esters is 1. The van der Waals surface area contributed by atoms with Crippen LogP contribution < -0.4 is 14.2 Å². The molecule has 0 atom stereocenters. The molecule has 0 fully saturated rings. The van der Waals surface area contributed by atoms with Gasteiger partial charge in [0.15, 0.2) is 5.60 Å². The fourth-order valence-corrected chi connectivity index (χ4v) is 6.90. The summed E-state index contributed by atoms with van der Waals surface area (Å²) in [6, 6.07) is 29.5. The van der Waals surface area contributed by atoms with Crippen molar-refractivity contribution in [2.75, 3.05) is 21.3 Å². The first-order chi connectivity index (χ1) is 20.4. The Bertz CT molecular complexity index is 1810. The van der Waals surface area contributed by atoms with Crippen LogP contribution in [0.3, 0.4) is 0 Å². The first-order valence-electron chi connectivity index (χ1n) is 13.2. The molecule has 5 nitrogen and oxygen atoms in total. The van der Waals surface area contributed by atoms with E-state index in [1.807, 2.05) is 103 Å². The third kappa shape index (κ3) is 4.57.